The fraction of sp³-hybridized carbons (Fsp3) is 0.316. The highest BCUT2D eigenvalue weighted by molar-refractivity contribution is 5.96. The van der Waals surface area contributed by atoms with Crippen LogP contribution in [0.25, 0.3) is 0 Å². The van der Waals surface area contributed by atoms with Gasteiger partial charge in [-0.25, -0.2) is 0 Å². The highest BCUT2D eigenvalue weighted by Crippen LogP contribution is 2.19. The van der Waals surface area contributed by atoms with Crippen LogP contribution < -0.4 is 5.32 Å². The van der Waals surface area contributed by atoms with Crippen LogP contribution in [0.2, 0.25) is 0 Å². The average molecular weight is 325 g/mol. The number of pyridine rings is 1. The molecule has 0 saturated carbocycles. The molecule has 2 rings (SSSR count). The maximum atomic E-state index is 12.4. The first-order valence-corrected chi connectivity index (χ1v) is 8.09. The summed E-state index contributed by atoms with van der Waals surface area (Å²) in [7, 11) is 1.80. The maximum Gasteiger partial charge on any atom is 0.255 e. The first-order chi connectivity index (χ1) is 11.5. The van der Waals surface area contributed by atoms with E-state index in [9.17, 15) is 9.59 Å². The van der Waals surface area contributed by atoms with Crippen LogP contribution in [0, 0.1) is 0 Å². The van der Waals surface area contributed by atoms with Gasteiger partial charge in [0.15, 0.2) is 5.78 Å². The van der Waals surface area contributed by atoms with Gasteiger partial charge in [0.2, 0.25) is 0 Å². The molecule has 0 aliphatic heterocycles. The summed E-state index contributed by atoms with van der Waals surface area (Å²) in [6.07, 6.45) is 5.25. The van der Waals surface area contributed by atoms with E-state index in [0.29, 0.717) is 16.8 Å². The number of anilines is 2. The van der Waals surface area contributed by atoms with Crippen molar-refractivity contribution in [2.75, 3.05) is 18.9 Å². The van der Waals surface area contributed by atoms with Gasteiger partial charge in [-0.2, -0.15) is 0 Å². The number of hydrogen-bond donors (Lipinski definition) is 1. The second-order valence-corrected chi connectivity index (χ2v) is 5.80. The molecule has 1 N–H and O–H groups in total. The van der Waals surface area contributed by atoms with Crippen LogP contribution in [0.5, 0.6) is 0 Å². The summed E-state index contributed by atoms with van der Waals surface area (Å²) in [5, 5.41) is 3.19. The van der Waals surface area contributed by atoms with Crippen LogP contribution in [0.15, 0.2) is 42.7 Å². The minimum Gasteiger partial charge on any atom is -0.354 e. The summed E-state index contributed by atoms with van der Waals surface area (Å²) in [5.41, 5.74) is 2.68. The number of amides is 1. The number of benzene rings is 1. The van der Waals surface area contributed by atoms with Gasteiger partial charge in [0.25, 0.3) is 5.91 Å². The molecule has 5 nitrogen and oxygen atoms in total. The van der Waals surface area contributed by atoms with Crippen molar-refractivity contribution in [2.45, 2.75) is 26.7 Å². The van der Waals surface area contributed by atoms with Gasteiger partial charge in [-0.15, -0.1) is 0 Å². The lowest BCUT2D eigenvalue weighted by Gasteiger charge is -2.17. The molecule has 0 spiro atoms. The first-order valence-electron chi connectivity index (χ1n) is 8.09. The number of rotatable bonds is 7. The van der Waals surface area contributed by atoms with Crippen LogP contribution in [-0.2, 0) is 0 Å². The lowest BCUT2D eigenvalue weighted by atomic mass is 10.1. The zero-order valence-corrected chi connectivity index (χ0v) is 14.4. The molecular weight excluding hydrogens is 302 g/mol. The van der Waals surface area contributed by atoms with E-state index in [0.717, 1.165) is 25.1 Å². The maximum absolute atomic E-state index is 12.4. The second-order valence-electron chi connectivity index (χ2n) is 5.80. The summed E-state index contributed by atoms with van der Waals surface area (Å²) in [6, 6.07) is 9.02. The number of Topliss-reactive ketones (excluding diaryl/α,β-unsaturated/α-hetero) is 1. The van der Waals surface area contributed by atoms with Crippen molar-refractivity contribution in [3.8, 4) is 0 Å². The van der Waals surface area contributed by atoms with E-state index in [1.165, 1.54) is 6.92 Å². The molecule has 0 bridgehead atoms. The predicted octanol–water partition coefficient (Wildman–Crippen LogP) is 3.90. The van der Waals surface area contributed by atoms with Crippen molar-refractivity contribution < 1.29 is 9.59 Å². The molecule has 1 heterocycles. The average Bonchev–Trinajstić information content (AvgIpc) is 2.59. The Morgan fingerprint density at radius 2 is 1.88 bits per heavy atom. The number of nitrogens with zero attached hydrogens (tertiary/aromatic N) is 2. The summed E-state index contributed by atoms with van der Waals surface area (Å²) in [4.78, 5) is 29.7. The largest absolute Gasteiger partial charge is 0.354 e. The third-order valence-electron chi connectivity index (χ3n) is 3.74. The predicted molar refractivity (Wildman–Crippen MR) is 95.8 cm³/mol. The van der Waals surface area contributed by atoms with Gasteiger partial charge in [-0.1, -0.05) is 25.5 Å². The number of unbranched alkanes of at least 4 members (excludes halogenated alkanes) is 1. The molecule has 5 heteroatoms. The Morgan fingerprint density at radius 1 is 1.12 bits per heavy atom. The molecule has 1 amide bonds. The lowest BCUT2D eigenvalue weighted by Crippen LogP contribution is -2.27. The molecular formula is C19H23N3O2. The van der Waals surface area contributed by atoms with Gasteiger partial charge in [0.05, 0.1) is 17.4 Å². The highest BCUT2D eigenvalue weighted by atomic mass is 16.2. The fourth-order valence-corrected chi connectivity index (χ4v) is 2.33. The van der Waals surface area contributed by atoms with Crippen molar-refractivity contribution in [3.05, 3.63) is 53.9 Å². The molecule has 0 aliphatic rings. The number of carbonyl (C=O) groups is 2. The van der Waals surface area contributed by atoms with Crippen LogP contribution in [0.4, 0.5) is 11.4 Å². The van der Waals surface area contributed by atoms with Gasteiger partial charge < -0.3 is 10.2 Å². The number of nitrogens with one attached hydrogen (secondary N) is 1. The third kappa shape index (κ3) is 4.65. The zero-order chi connectivity index (χ0) is 17.5. The third-order valence-corrected chi connectivity index (χ3v) is 3.74. The Bertz CT molecular complexity index is 728. The van der Waals surface area contributed by atoms with Crippen LogP contribution in [0.3, 0.4) is 0 Å². The minimum absolute atomic E-state index is 0.0123. The Hall–Kier alpha value is -2.69. The Morgan fingerprint density at radius 3 is 2.58 bits per heavy atom. The van der Waals surface area contributed by atoms with Gasteiger partial charge in [0, 0.05) is 31.0 Å². The topological polar surface area (TPSA) is 62.3 Å². The Labute approximate surface area is 142 Å². The molecule has 0 fully saturated rings. The number of carbonyl (C=O) groups excluding carboxylic acids is 2. The van der Waals surface area contributed by atoms with E-state index in [1.54, 1.807) is 42.5 Å². The molecule has 0 saturated heterocycles. The Kier molecular flexibility index (Phi) is 6.07. The lowest BCUT2D eigenvalue weighted by molar-refractivity contribution is 0.0792. The molecule has 126 valence electrons. The van der Waals surface area contributed by atoms with Crippen molar-refractivity contribution in [1.82, 2.24) is 9.88 Å². The van der Waals surface area contributed by atoms with E-state index in [1.807, 2.05) is 12.1 Å². The van der Waals surface area contributed by atoms with Crippen LogP contribution in [-0.4, -0.2) is 35.2 Å². The molecule has 0 radical (unpaired) electrons. The van der Waals surface area contributed by atoms with Gasteiger partial charge in [-0.3, -0.25) is 14.6 Å². The number of hydrogen-bond acceptors (Lipinski definition) is 4. The van der Waals surface area contributed by atoms with E-state index in [2.05, 4.69) is 17.2 Å². The Balaban J connectivity index is 2.14. The minimum atomic E-state index is -0.0444. The van der Waals surface area contributed by atoms with Crippen LogP contribution >= 0.6 is 0 Å². The van der Waals surface area contributed by atoms with E-state index in [-0.39, 0.29) is 11.7 Å². The summed E-state index contributed by atoms with van der Waals surface area (Å²) >= 11 is 0. The fourth-order valence-electron chi connectivity index (χ4n) is 2.33. The molecule has 1 aromatic heterocycles. The smallest absolute Gasteiger partial charge is 0.255 e. The zero-order valence-electron chi connectivity index (χ0n) is 14.4. The highest BCUT2D eigenvalue weighted by Gasteiger charge is 2.12. The second kappa shape index (κ2) is 8.24. The molecule has 0 aliphatic carbocycles. The summed E-state index contributed by atoms with van der Waals surface area (Å²) < 4.78 is 0. The van der Waals surface area contributed by atoms with E-state index >= 15 is 0 Å². The monoisotopic (exact) mass is 325 g/mol. The molecule has 1 aromatic carbocycles. The summed E-state index contributed by atoms with van der Waals surface area (Å²) in [6.45, 7) is 4.36. The van der Waals surface area contributed by atoms with Gasteiger partial charge in [0.1, 0.15) is 0 Å². The van der Waals surface area contributed by atoms with Crippen LogP contribution in [0.1, 0.15) is 47.4 Å². The summed E-state index contributed by atoms with van der Waals surface area (Å²) in [5.74, 6) is -0.0321. The number of aromatic nitrogens is 1. The van der Waals surface area contributed by atoms with E-state index in [4.69, 9.17) is 0 Å². The van der Waals surface area contributed by atoms with Gasteiger partial charge >= 0.3 is 0 Å². The SMILES string of the molecule is CCCCN(C)C(=O)c1cncc(Nc2cccc(C(C)=O)c2)c1. The molecule has 0 atom stereocenters. The van der Waals surface area contributed by atoms with Crippen molar-refractivity contribution in [3.63, 3.8) is 0 Å². The standard InChI is InChI=1S/C19H23N3O2/c1-4-5-9-22(3)19(24)16-11-18(13-20-12-16)21-17-8-6-7-15(10-17)14(2)23/h6-8,10-13,21H,4-5,9H2,1-3H3. The van der Waals surface area contributed by atoms with E-state index < -0.39 is 0 Å². The number of ketones is 1. The first kappa shape index (κ1) is 17.7. The molecule has 2 aromatic rings. The quantitative estimate of drug-likeness (QED) is 0.784. The van der Waals surface area contributed by atoms with Crippen molar-refractivity contribution in [2.24, 2.45) is 0 Å². The van der Waals surface area contributed by atoms with Gasteiger partial charge in [-0.05, 0) is 31.5 Å². The van der Waals surface area contributed by atoms with Crippen molar-refractivity contribution in [1.29, 1.82) is 0 Å². The molecule has 0 unspecified atom stereocenters. The normalized spacial score (nSPS) is 10.3. The van der Waals surface area contributed by atoms with Crippen molar-refractivity contribution >= 4 is 23.1 Å². The molecule has 24 heavy (non-hydrogen) atoms.